The number of piperidine rings is 1. The Morgan fingerprint density at radius 3 is 2.60 bits per heavy atom. The van der Waals surface area contributed by atoms with Gasteiger partial charge in [-0.2, -0.15) is 10.1 Å². The molecule has 2 aromatic rings. The highest BCUT2D eigenvalue weighted by Crippen LogP contribution is 2.31. The van der Waals surface area contributed by atoms with Crippen LogP contribution in [0.4, 0.5) is 17.6 Å². The van der Waals surface area contributed by atoms with Crippen molar-refractivity contribution in [1.29, 1.82) is 0 Å². The molecule has 8 nitrogen and oxygen atoms in total. The Kier molecular flexibility index (Phi) is 4.30. The summed E-state index contributed by atoms with van der Waals surface area (Å²) in [5, 5.41) is 23.5. The summed E-state index contributed by atoms with van der Waals surface area (Å²) >= 11 is 0. The highest BCUT2D eigenvalue weighted by Gasteiger charge is 2.35. The molecule has 2 aliphatic heterocycles. The van der Waals surface area contributed by atoms with Crippen LogP contribution in [-0.2, 0) is 6.61 Å². The maximum absolute atomic E-state index is 9.57. The summed E-state index contributed by atoms with van der Waals surface area (Å²) < 4.78 is 0. The van der Waals surface area contributed by atoms with Crippen molar-refractivity contribution >= 4 is 17.6 Å². The number of aryl methyl sites for hydroxylation is 1. The van der Waals surface area contributed by atoms with E-state index in [0.29, 0.717) is 41.4 Å². The monoisotopic (exact) mass is 343 g/mol. The SMILES string of the molecule is Cc1cc(Nc2cc(CO)nc(N(C)C3CC4CCC(C3)N4)n2)n[nH]1. The smallest absolute Gasteiger partial charge is 0.227 e. The van der Waals surface area contributed by atoms with E-state index in [4.69, 9.17) is 0 Å². The molecule has 0 spiro atoms. The second kappa shape index (κ2) is 6.61. The van der Waals surface area contributed by atoms with E-state index in [1.165, 1.54) is 12.8 Å². The van der Waals surface area contributed by atoms with Crippen molar-refractivity contribution in [1.82, 2.24) is 25.5 Å². The lowest BCUT2D eigenvalue weighted by molar-refractivity contribution is 0.276. The third-order valence-corrected chi connectivity index (χ3v) is 5.20. The van der Waals surface area contributed by atoms with Crippen LogP contribution in [0.2, 0.25) is 0 Å². The molecule has 0 saturated carbocycles. The van der Waals surface area contributed by atoms with Gasteiger partial charge in [0.15, 0.2) is 5.82 Å². The van der Waals surface area contributed by atoms with Gasteiger partial charge < -0.3 is 20.6 Å². The van der Waals surface area contributed by atoms with Gasteiger partial charge >= 0.3 is 0 Å². The number of rotatable bonds is 5. The lowest BCUT2D eigenvalue weighted by atomic mass is 9.99. The molecule has 8 heteroatoms. The molecule has 25 heavy (non-hydrogen) atoms. The molecule has 2 aromatic heterocycles. The molecule has 2 bridgehead atoms. The van der Waals surface area contributed by atoms with E-state index in [2.05, 4.69) is 35.7 Å². The molecule has 0 aromatic carbocycles. The van der Waals surface area contributed by atoms with E-state index >= 15 is 0 Å². The Morgan fingerprint density at radius 2 is 1.96 bits per heavy atom. The van der Waals surface area contributed by atoms with E-state index < -0.39 is 0 Å². The van der Waals surface area contributed by atoms with Crippen LogP contribution in [0.5, 0.6) is 0 Å². The van der Waals surface area contributed by atoms with Gasteiger partial charge in [0.25, 0.3) is 0 Å². The number of nitrogens with one attached hydrogen (secondary N) is 3. The van der Waals surface area contributed by atoms with Gasteiger partial charge in [-0.25, -0.2) is 4.98 Å². The molecule has 0 aliphatic carbocycles. The van der Waals surface area contributed by atoms with Crippen LogP contribution in [0.3, 0.4) is 0 Å². The number of nitrogens with zero attached hydrogens (tertiary/aromatic N) is 4. The number of aliphatic hydroxyl groups is 1. The number of fused-ring (bicyclic) bond motifs is 2. The zero-order valence-corrected chi connectivity index (χ0v) is 14.7. The van der Waals surface area contributed by atoms with Crippen LogP contribution in [0.1, 0.15) is 37.1 Å². The van der Waals surface area contributed by atoms with Gasteiger partial charge in [-0.15, -0.1) is 0 Å². The van der Waals surface area contributed by atoms with Crippen molar-refractivity contribution in [3.63, 3.8) is 0 Å². The highest BCUT2D eigenvalue weighted by molar-refractivity contribution is 5.54. The van der Waals surface area contributed by atoms with Gasteiger partial charge in [0.2, 0.25) is 5.95 Å². The number of H-pyrrole nitrogens is 1. The molecule has 2 atom stereocenters. The van der Waals surface area contributed by atoms with Gasteiger partial charge in [-0.1, -0.05) is 0 Å². The minimum absolute atomic E-state index is 0.116. The van der Waals surface area contributed by atoms with Crippen LogP contribution in [0.15, 0.2) is 12.1 Å². The quantitative estimate of drug-likeness (QED) is 0.652. The third-order valence-electron chi connectivity index (χ3n) is 5.20. The van der Waals surface area contributed by atoms with E-state index in [1.54, 1.807) is 6.07 Å². The molecular weight excluding hydrogens is 318 g/mol. The normalized spacial score (nSPS) is 25.2. The molecule has 4 N–H and O–H groups in total. The summed E-state index contributed by atoms with van der Waals surface area (Å²) in [7, 11) is 2.05. The Balaban J connectivity index is 1.56. The van der Waals surface area contributed by atoms with E-state index in [-0.39, 0.29) is 6.61 Å². The zero-order valence-electron chi connectivity index (χ0n) is 14.7. The van der Waals surface area contributed by atoms with Gasteiger partial charge in [-0.3, -0.25) is 5.10 Å². The number of aromatic amines is 1. The fraction of sp³-hybridized carbons (Fsp3) is 0.588. The standard InChI is InChI=1S/C17H25N7O/c1-10-5-16(23-22-10)20-15-8-13(9-25)19-17(21-15)24(2)14-6-11-3-4-12(7-14)18-11/h5,8,11-12,14,18,25H,3-4,6-7,9H2,1-2H3,(H2,19,20,21,22,23). The lowest BCUT2D eigenvalue weighted by Crippen LogP contribution is -2.47. The second-order valence-corrected chi connectivity index (χ2v) is 7.14. The highest BCUT2D eigenvalue weighted by atomic mass is 16.3. The topological polar surface area (TPSA) is 102 Å². The van der Waals surface area contributed by atoms with Crippen LogP contribution in [0.25, 0.3) is 0 Å². The van der Waals surface area contributed by atoms with Gasteiger partial charge in [0, 0.05) is 43.0 Å². The first-order chi connectivity index (χ1) is 12.1. The largest absolute Gasteiger partial charge is 0.390 e. The molecule has 2 fully saturated rings. The number of aromatic nitrogens is 4. The Bertz CT molecular complexity index is 734. The Labute approximate surface area is 147 Å². The van der Waals surface area contributed by atoms with Crippen molar-refractivity contribution in [2.45, 2.75) is 57.3 Å². The zero-order chi connectivity index (χ0) is 17.4. The molecule has 134 valence electrons. The first-order valence-corrected chi connectivity index (χ1v) is 8.87. The van der Waals surface area contributed by atoms with Crippen molar-refractivity contribution in [3.8, 4) is 0 Å². The minimum Gasteiger partial charge on any atom is -0.390 e. The minimum atomic E-state index is -0.116. The summed E-state index contributed by atoms with van der Waals surface area (Å²) in [4.78, 5) is 11.3. The van der Waals surface area contributed by atoms with Gasteiger partial charge in [0.1, 0.15) is 5.82 Å². The number of hydrogen-bond acceptors (Lipinski definition) is 7. The summed E-state index contributed by atoms with van der Waals surface area (Å²) in [6.45, 7) is 1.83. The molecular formula is C17H25N7O. The number of hydrogen-bond donors (Lipinski definition) is 4. The lowest BCUT2D eigenvalue weighted by Gasteiger charge is -2.35. The molecule has 0 amide bonds. The fourth-order valence-corrected chi connectivity index (χ4v) is 3.91. The average Bonchev–Trinajstić information content (AvgIpc) is 3.18. The first kappa shape index (κ1) is 16.3. The molecule has 2 aliphatic rings. The van der Waals surface area contributed by atoms with Crippen LogP contribution in [-0.4, -0.2) is 50.4 Å². The van der Waals surface area contributed by atoms with Crippen molar-refractivity contribution in [2.24, 2.45) is 0 Å². The predicted molar refractivity (Wildman–Crippen MR) is 95.9 cm³/mol. The van der Waals surface area contributed by atoms with Gasteiger partial charge in [-0.05, 0) is 32.6 Å². The van der Waals surface area contributed by atoms with E-state index in [1.807, 2.05) is 20.0 Å². The van der Waals surface area contributed by atoms with Crippen LogP contribution in [0, 0.1) is 6.92 Å². The summed E-state index contributed by atoms with van der Waals surface area (Å²) in [5.41, 5.74) is 1.57. The maximum atomic E-state index is 9.57. The van der Waals surface area contributed by atoms with Crippen molar-refractivity contribution in [2.75, 3.05) is 17.3 Å². The van der Waals surface area contributed by atoms with Crippen LogP contribution < -0.4 is 15.5 Å². The predicted octanol–water partition coefficient (Wildman–Crippen LogP) is 1.46. The van der Waals surface area contributed by atoms with E-state index in [0.717, 1.165) is 18.5 Å². The first-order valence-electron chi connectivity index (χ1n) is 8.87. The Hall–Kier alpha value is -2.19. The maximum Gasteiger partial charge on any atom is 0.227 e. The second-order valence-electron chi connectivity index (χ2n) is 7.14. The van der Waals surface area contributed by atoms with Crippen molar-refractivity contribution in [3.05, 3.63) is 23.5 Å². The summed E-state index contributed by atoms with van der Waals surface area (Å²) in [6, 6.07) is 5.31. The molecule has 4 heterocycles. The molecule has 2 saturated heterocycles. The average molecular weight is 343 g/mol. The van der Waals surface area contributed by atoms with Crippen LogP contribution >= 0.6 is 0 Å². The molecule has 2 unspecified atom stereocenters. The van der Waals surface area contributed by atoms with E-state index in [9.17, 15) is 5.11 Å². The summed E-state index contributed by atoms with van der Waals surface area (Å²) in [6.07, 6.45) is 4.75. The third kappa shape index (κ3) is 3.45. The van der Waals surface area contributed by atoms with Crippen molar-refractivity contribution < 1.29 is 5.11 Å². The number of anilines is 3. The molecule has 4 rings (SSSR count). The molecule has 0 radical (unpaired) electrons. The summed E-state index contributed by atoms with van der Waals surface area (Å²) in [5.74, 6) is 1.99. The fourth-order valence-electron chi connectivity index (χ4n) is 3.91. The Morgan fingerprint density at radius 1 is 1.20 bits per heavy atom. The van der Waals surface area contributed by atoms with Gasteiger partial charge in [0.05, 0.1) is 12.3 Å². The number of aliphatic hydroxyl groups excluding tert-OH is 1.